The molecule has 0 aliphatic rings. The van der Waals surface area contributed by atoms with Crippen LogP contribution in [-0.4, -0.2) is 18.7 Å². The molecule has 1 aromatic rings. The van der Waals surface area contributed by atoms with Gasteiger partial charge in [0.25, 0.3) is 5.91 Å². The Morgan fingerprint density at radius 1 is 1.24 bits per heavy atom. The molecule has 8 heteroatoms. The van der Waals surface area contributed by atoms with Gasteiger partial charge in [0.15, 0.2) is 6.61 Å². The maximum Gasteiger partial charge on any atom is 0.414 e. The van der Waals surface area contributed by atoms with E-state index in [1.165, 1.54) is 18.2 Å². The lowest BCUT2D eigenvalue weighted by molar-refractivity contribution is -0.184. The average molecular weight is 288 g/mol. The molecule has 0 spiro atoms. The minimum Gasteiger partial charge on any atom is -0.267 e. The van der Waals surface area contributed by atoms with Gasteiger partial charge in [-0.25, -0.2) is 5.48 Å². The molecule has 17 heavy (non-hydrogen) atoms. The number of carbonyl (C=O) groups excluding carboxylic acids is 1. The lowest BCUT2D eigenvalue weighted by Crippen LogP contribution is -2.29. The summed E-state index contributed by atoms with van der Waals surface area (Å²) in [5.41, 5.74) is 1.64. The summed E-state index contributed by atoms with van der Waals surface area (Å²) in [4.78, 5) is 15.3. The summed E-state index contributed by atoms with van der Waals surface area (Å²) in [5, 5.41) is 0.386. The fraction of sp³-hybridized carbons (Fsp3) is 0.222. The summed E-state index contributed by atoms with van der Waals surface area (Å²) in [6, 6.07) is 3.88. The zero-order chi connectivity index (χ0) is 13.1. The van der Waals surface area contributed by atoms with E-state index in [0.29, 0.717) is 0 Å². The Bertz CT molecular complexity index is 403. The molecule has 0 aliphatic carbocycles. The highest BCUT2D eigenvalue weighted by Crippen LogP contribution is 2.19. The molecule has 0 aromatic heterocycles. The molecule has 0 radical (unpaired) electrons. The molecular weight excluding hydrogens is 282 g/mol. The van der Waals surface area contributed by atoms with Gasteiger partial charge in [0.1, 0.15) is 0 Å². The van der Waals surface area contributed by atoms with Crippen LogP contribution < -0.4 is 5.48 Å². The first-order valence-corrected chi connectivity index (χ1v) is 4.98. The smallest absolute Gasteiger partial charge is 0.267 e. The van der Waals surface area contributed by atoms with E-state index in [1.54, 1.807) is 5.48 Å². The highest BCUT2D eigenvalue weighted by atomic mass is 35.5. The van der Waals surface area contributed by atoms with Gasteiger partial charge < -0.3 is 0 Å². The SMILES string of the molecule is O=C(NOCC(F)(F)F)c1cc(Cl)cc(Cl)c1. The fourth-order valence-electron chi connectivity index (χ4n) is 0.927. The number of carbonyl (C=O) groups is 1. The normalized spacial score (nSPS) is 11.4. The van der Waals surface area contributed by atoms with E-state index >= 15 is 0 Å². The van der Waals surface area contributed by atoms with Crippen LogP contribution in [0.3, 0.4) is 0 Å². The predicted molar refractivity (Wildman–Crippen MR) is 55.9 cm³/mol. The first-order chi connectivity index (χ1) is 7.78. The zero-order valence-corrected chi connectivity index (χ0v) is 9.66. The van der Waals surface area contributed by atoms with Crippen molar-refractivity contribution in [2.75, 3.05) is 6.61 Å². The number of hydroxylamine groups is 1. The standard InChI is InChI=1S/C9H6Cl2F3NO2/c10-6-1-5(2-7(11)3-6)8(16)15-17-4-9(12,13)14/h1-3H,4H2,(H,15,16). The summed E-state index contributed by atoms with van der Waals surface area (Å²) in [6.07, 6.45) is -4.51. The van der Waals surface area contributed by atoms with E-state index in [4.69, 9.17) is 23.2 Å². The van der Waals surface area contributed by atoms with Gasteiger partial charge in [-0.2, -0.15) is 13.2 Å². The molecule has 0 saturated heterocycles. The Balaban J connectivity index is 2.58. The first-order valence-electron chi connectivity index (χ1n) is 4.23. The lowest BCUT2D eigenvalue weighted by Gasteiger charge is -2.08. The van der Waals surface area contributed by atoms with Gasteiger partial charge in [0, 0.05) is 15.6 Å². The number of halogens is 5. The van der Waals surface area contributed by atoms with Crippen LogP contribution in [0.4, 0.5) is 13.2 Å². The molecule has 3 nitrogen and oxygen atoms in total. The molecule has 0 fully saturated rings. The number of amides is 1. The van der Waals surface area contributed by atoms with E-state index < -0.39 is 18.7 Å². The lowest BCUT2D eigenvalue weighted by atomic mass is 10.2. The van der Waals surface area contributed by atoms with Gasteiger partial charge in [-0.1, -0.05) is 23.2 Å². The van der Waals surface area contributed by atoms with Crippen molar-refractivity contribution >= 4 is 29.1 Å². The molecule has 1 rings (SSSR count). The van der Waals surface area contributed by atoms with E-state index in [0.717, 1.165) is 0 Å². The van der Waals surface area contributed by atoms with E-state index in [2.05, 4.69) is 4.84 Å². The Labute approximate surface area is 104 Å². The summed E-state index contributed by atoms with van der Waals surface area (Å²) >= 11 is 11.2. The summed E-state index contributed by atoms with van der Waals surface area (Å²) < 4.78 is 35.2. The monoisotopic (exact) mass is 287 g/mol. The molecular formula is C9H6Cl2F3NO2. The van der Waals surface area contributed by atoms with Gasteiger partial charge in [0.05, 0.1) is 0 Å². The Morgan fingerprint density at radius 3 is 2.24 bits per heavy atom. The molecule has 0 unspecified atom stereocenters. The van der Waals surface area contributed by atoms with Crippen LogP contribution in [0.15, 0.2) is 18.2 Å². The third-order valence-corrected chi connectivity index (χ3v) is 1.96. The Hall–Kier alpha value is -0.980. The molecule has 0 atom stereocenters. The molecule has 0 heterocycles. The Morgan fingerprint density at radius 2 is 1.76 bits per heavy atom. The maximum absolute atomic E-state index is 11.7. The molecule has 94 valence electrons. The summed E-state index contributed by atoms with van der Waals surface area (Å²) in [6.45, 7) is -1.58. The highest BCUT2D eigenvalue weighted by Gasteiger charge is 2.28. The predicted octanol–water partition coefficient (Wildman–Crippen LogP) is 3.22. The van der Waals surface area contributed by atoms with E-state index in [9.17, 15) is 18.0 Å². The van der Waals surface area contributed by atoms with E-state index in [-0.39, 0.29) is 15.6 Å². The number of hydrogen-bond acceptors (Lipinski definition) is 2. The Kier molecular flexibility index (Phi) is 4.62. The number of benzene rings is 1. The minimum atomic E-state index is -4.51. The third kappa shape index (κ3) is 5.25. The van der Waals surface area contributed by atoms with Gasteiger partial charge in [-0.3, -0.25) is 9.63 Å². The number of hydrogen-bond donors (Lipinski definition) is 1. The second-order valence-corrected chi connectivity index (χ2v) is 3.87. The highest BCUT2D eigenvalue weighted by molar-refractivity contribution is 6.35. The fourth-order valence-corrected chi connectivity index (χ4v) is 1.45. The quantitative estimate of drug-likeness (QED) is 0.867. The molecule has 0 bridgehead atoms. The van der Waals surface area contributed by atoms with Crippen LogP contribution in [-0.2, 0) is 4.84 Å². The molecule has 1 N–H and O–H groups in total. The van der Waals surface area contributed by atoms with Crippen molar-refractivity contribution in [2.24, 2.45) is 0 Å². The summed E-state index contributed by atoms with van der Waals surface area (Å²) in [7, 11) is 0. The minimum absolute atomic E-state index is 0.00433. The number of nitrogens with one attached hydrogen (secondary N) is 1. The van der Waals surface area contributed by atoms with Crippen LogP contribution in [0.1, 0.15) is 10.4 Å². The van der Waals surface area contributed by atoms with Crippen LogP contribution in [0.2, 0.25) is 10.0 Å². The molecule has 0 aliphatic heterocycles. The number of alkyl halides is 3. The second-order valence-electron chi connectivity index (χ2n) is 2.99. The van der Waals surface area contributed by atoms with Crippen molar-refractivity contribution in [2.45, 2.75) is 6.18 Å². The topological polar surface area (TPSA) is 38.3 Å². The first kappa shape index (κ1) is 14.1. The summed E-state index contributed by atoms with van der Waals surface area (Å²) in [5.74, 6) is -0.862. The van der Waals surface area contributed by atoms with Crippen molar-refractivity contribution < 1.29 is 22.8 Å². The van der Waals surface area contributed by atoms with Crippen molar-refractivity contribution in [3.05, 3.63) is 33.8 Å². The van der Waals surface area contributed by atoms with Crippen molar-refractivity contribution in [3.8, 4) is 0 Å². The second kappa shape index (κ2) is 5.57. The average Bonchev–Trinajstić information content (AvgIpc) is 2.13. The molecule has 0 saturated carbocycles. The molecule has 1 amide bonds. The van der Waals surface area contributed by atoms with Crippen LogP contribution in [0.5, 0.6) is 0 Å². The van der Waals surface area contributed by atoms with Gasteiger partial charge in [-0.15, -0.1) is 0 Å². The van der Waals surface area contributed by atoms with Crippen molar-refractivity contribution in [3.63, 3.8) is 0 Å². The third-order valence-electron chi connectivity index (χ3n) is 1.53. The van der Waals surface area contributed by atoms with Gasteiger partial charge in [-0.05, 0) is 18.2 Å². The van der Waals surface area contributed by atoms with Gasteiger partial charge >= 0.3 is 6.18 Å². The van der Waals surface area contributed by atoms with E-state index in [1.807, 2.05) is 0 Å². The maximum atomic E-state index is 11.7. The van der Waals surface area contributed by atoms with Crippen molar-refractivity contribution in [1.29, 1.82) is 0 Å². The van der Waals surface area contributed by atoms with Crippen molar-refractivity contribution in [1.82, 2.24) is 5.48 Å². The molecule has 1 aromatic carbocycles. The largest absolute Gasteiger partial charge is 0.414 e. The van der Waals surface area contributed by atoms with Crippen LogP contribution in [0.25, 0.3) is 0 Å². The van der Waals surface area contributed by atoms with Gasteiger partial charge in [0.2, 0.25) is 0 Å². The van der Waals surface area contributed by atoms with Crippen LogP contribution >= 0.6 is 23.2 Å². The van der Waals surface area contributed by atoms with Crippen LogP contribution in [0, 0.1) is 0 Å². The number of rotatable bonds is 3. The zero-order valence-electron chi connectivity index (χ0n) is 8.15.